The molecule has 0 bridgehead atoms. The van der Waals surface area contributed by atoms with Gasteiger partial charge in [-0.25, -0.2) is 9.69 Å². The van der Waals surface area contributed by atoms with Crippen LogP contribution in [-0.2, 0) is 14.4 Å². The molecule has 0 N–H and O–H groups in total. The van der Waals surface area contributed by atoms with Crippen LogP contribution in [0.15, 0.2) is 35.5 Å². The Morgan fingerprint density at radius 2 is 2.04 bits per heavy atom. The Bertz CT molecular complexity index is 723. The Balaban J connectivity index is 1.75. The summed E-state index contributed by atoms with van der Waals surface area (Å²) in [5, 5.41) is 0. The number of urea groups is 1. The van der Waals surface area contributed by atoms with Crippen LogP contribution in [0.2, 0.25) is 0 Å². The molecule has 2 heterocycles. The average molecular weight is 345 g/mol. The third kappa shape index (κ3) is 3.07. The molecule has 1 aliphatic carbocycles. The van der Waals surface area contributed by atoms with Crippen molar-refractivity contribution in [2.75, 3.05) is 13.1 Å². The Hall–Kier alpha value is -2.90. The summed E-state index contributed by atoms with van der Waals surface area (Å²) < 4.78 is 5.37. The predicted molar refractivity (Wildman–Crippen MR) is 86.0 cm³/mol. The lowest BCUT2D eigenvalue weighted by atomic mass is 10.2. The van der Waals surface area contributed by atoms with E-state index in [1.165, 1.54) is 12.3 Å². The van der Waals surface area contributed by atoms with Crippen LogP contribution < -0.4 is 0 Å². The van der Waals surface area contributed by atoms with E-state index < -0.39 is 24.4 Å². The predicted octanol–water partition coefficient (Wildman–Crippen LogP) is 1.31. The van der Waals surface area contributed by atoms with Crippen LogP contribution >= 0.6 is 0 Å². The van der Waals surface area contributed by atoms with Crippen LogP contribution in [-0.4, -0.2) is 57.6 Å². The lowest BCUT2D eigenvalue weighted by Crippen LogP contribution is -2.45. The van der Waals surface area contributed by atoms with Gasteiger partial charge in [0, 0.05) is 12.6 Å². The minimum Gasteiger partial charge on any atom is -0.467 e. The quantitative estimate of drug-likeness (QED) is 0.422. The number of rotatable bonds is 7. The van der Waals surface area contributed by atoms with Gasteiger partial charge in [-0.1, -0.05) is 6.08 Å². The van der Waals surface area contributed by atoms with Gasteiger partial charge < -0.3 is 9.32 Å². The maximum absolute atomic E-state index is 12.8. The average Bonchev–Trinajstić information content (AvgIpc) is 3.21. The monoisotopic (exact) mass is 345 g/mol. The van der Waals surface area contributed by atoms with Crippen molar-refractivity contribution in [1.82, 2.24) is 14.7 Å². The van der Waals surface area contributed by atoms with Crippen LogP contribution in [0.25, 0.3) is 0 Å². The maximum atomic E-state index is 12.8. The first-order chi connectivity index (χ1) is 12.0. The van der Waals surface area contributed by atoms with Gasteiger partial charge >= 0.3 is 17.8 Å². The lowest BCUT2D eigenvalue weighted by molar-refractivity contribution is -0.145. The van der Waals surface area contributed by atoms with Crippen LogP contribution in [0.4, 0.5) is 4.79 Å². The van der Waals surface area contributed by atoms with Crippen molar-refractivity contribution in [3.05, 3.63) is 36.8 Å². The van der Waals surface area contributed by atoms with Gasteiger partial charge in [0.15, 0.2) is 0 Å². The highest BCUT2D eigenvalue weighted by molar-refractivity contribution is 6.45. The minimum absolute atomic E-state index is 0.0559. The number of carbonyl (C=O) groups excluding carboxylic acids is 4. The fraction of sp³-hybridized carbons (Fsp3) is 0.412. The highest BCUT2D eigenvalue weighted by Crippen LogP contribution is 2.34. The van der Waals surface area contributed by atoms with Gasteiger partial charge in [0.05, 0.1) is 12.3 Å². The molecule has 0 unspecified atom stereocenters. The Morgan fingerprint density at radius 1 is 1.36 bits per heavy atom. The van der Waals surface area contributed by atoms with Crippen molar-refractivity contribution < 1.29 is 23.6 Å². The lowest BCUT2D eigenvalue weighted by Gasteiger charge is -2.29. The maximum Gasteiger partial charge on any atom is 0.335 e. The number of amides is 5. The van der Waals surface area contributed by atoms with Gasteiger partial charge in [0.2, 0.25) is 5.91 Å². The summed E-state index contributed by atoms with van der Waals surface area (Å²) in [6.07, 6.45) is 4.60. The Labute approximate surface area is 144 Å². The highest BCUT2D eigenvalue weighted by atomic mass is 16.3. The zero-order valence-corrected chi connectivity index (χ0v) is 13.9. The van der Waals surface area contributed by atoms with E-state index in [2.05, 4.69) is 6.58 Å². The minimum atomic E-state index is -0.985. The van der Waals surface area contributed by atoms with Crippen molar-refractivity contribution in [2.45, 2.75) is 31.8 Å². The van der Waals surface area contributed by atoms with Gasteiger partial charge in [0.25, 0.3) is 0 Å². The number of carbonyl (C=O) groups is 4. The summed E-state index contributed by atoms with van der Waals surface area (Å²) in [5.74, 6) is -1.68. The van der Waals surface area contributed by atoms with E-state index in [1.807, 2.05) is 6.92 Å². The molecule has 1 atom stereocenters. The number of furan rings is 1. The van der Waals surface area contributed by atoms with Crippen LogP contribution in [0.3, 0.4) is 0 Å². The van der Waals surface area contributed by atoms with Crippen molar-refractivity contribution in [1.29, 1.82) is 0 Å². The van der Waals surface area contributed by atoms with E-state index in [1.54, 1.807) is 17.0 Å². The molecule has 0 spiro atoms. The highest BCUT2D eigenvalue weighted by Gasteiger charge is 2.46. The fourth-order valence-corrected chi connectivity index (χ4v) is 2.95. The van der Waals surface area contributed by atoms with E-state index in [4.69, 9.17) is 4.42 Å². The molecule has 5 amide bonds. The zero-order chi connectivity index (χ0) is 18.1. The molecule has 1 aliphatic heterocycles. The van der Waals surface area contributed by atoms with Crippen LogP contribution in [0.1, 0.15) is 31.6 Å². The summed E-state index contributed by atoms with van der Waals surface area (Å²) >= 11 is 0. The van der Waals surface area contributed by atoms with E-state index in [0.717, 1.165) is 17.7 Å². The Kier molecular flexibility index (Phi) is 4.43. The summed E-state index contributed by atoms with van der Waals surface area (Å²) in [7, 11) is 0. The molecule has 8 nitrogen and oxygen atoms in total. The van der Waals surface area contributed by atoms with Crippen LogP contribution in [0.5, 0.6) is 0 Å². The first-order valence-corrected chi connectivity index (χ1v) is 8.08. The third-order valence-corrected chi connectivity index (χ3v) is 4.34. The summed E-state index contributed by atoms with van der Waals surface area (Å²) in [4.78, 5) is 52.0. The normalized spacial score (nSPS) is 18.7. The molecule has 1 saturated carbocycles. The van der Waals surface area contributed by atoms with E-state index in [9.17, 15) is 19.2 Å². The SMILES string of the molecule is C=CCN1C(=O)C(=O)N(CC(=O)N(C2CC2)[C@H](C)c2ccco2)C1=O. The summed E-state index contributed by atoms with van der Waals surface area (Å²) in [5.41, 5.74) is 0. The molecule has 2 fully saturated rings. The standard InChI is InChI=1S/C17H19N3O5/c1-3-8-18-15(22)16(23)19(17(18)24)10-14(21)20(12-6-7-12)11(2)13-5-4-9-25-13/h3-5,9,11-12H,1,6-8,10H2,2H3/t11-/m1/s1. The van der Waals surface area contributed by atoms with Gasteiger partial charge in [-0.3, -0.25) is 19.3 Å². The second-order valence-corrected chi connectivity index (χ2v) is 6.10. The number of hydrogen-bond acceptors (Lipinski definition) is 5. The topological polar surface area (TPSA) is 91.1 Å². The smallest absolute Gasteiger partial charge is 0.335 e. The van der Waals surface area contributed by atoms with Gasteiger partial charge in [-0.15, -0.1) is 6.58 Å². The molecule has 3 rings (SSSR count). The van der Waals surface area contributed by atoms with Gasteiger partial charge in [0.1, 0.15) is 12.3 Å². The molecule has 1 saturated heterocycles. The number of nitrogens with zero attached hydrogens (tertiary/aromatic N) is 3. The second-order valence-electron chi connectivity index (χ2n) is 6.10. The van der Waals surface area contributed by atoms with E-state index in [0.29, 0.717) is 10.7 Å². The Morgan fingerprint density at radius 3 is 2.60 bits per heavy atom. The van der Waals surface area contributed by atoms with Crippen molar-refractivity contribution in [3.8, 4) is 0 Å². The molecule has 25 heavy (non-hydrogen) atoms. The van der Waals surface area contributed by atoms with Crippen molar-refractivity contribution in [2.24, 2.45) is 0 Å². The molecule has 8 heteroatoms. The largest absolute Gasteiger partial charge is 0.467 e. The first kappa shape index (κ1) is 16.9. The molecule has 1 aromatic heterocycles. The first-order valence-electron chi connectivity index (χ1n) is 8.08. The molecular formula is C17H19N3O5. The van der Waals surface area contributed by atoms with Crippen molar-refractivity contribution in [3.63, 3.8) is 0 Å². The molecule has 0 radical (unpaired) electrons. The third-order valence-electron chi connectivity index (χ3n) is 4.34. The van der Waals surface area contributed by atoms with Crippen LogP contribution in [0, 0.1) is 0 Å². The number of hydrogen-bond donors (Lipinski definition) is 0. The zero-order valence-electron chi connectivity index (χ0n) is 13.9. The molecule has 1 aromatic rings. The second kappa shape index (κ2) is 6.54. The van der Waals surface area contributed by atoms with Gasteiger partial charge in [-0.2, -0.15) is 0 Å². The summed E-state index contributed by atoms with van der Waals surface area (Å²) in [6.45, 7) is 4.76. The fourth-order valence-electron chi connectivity index (χ4n) is 2.95. The molecule has 2 aliphatic rings. The van der Waals surface area contributed by atoms with E-state index >= 15 is 0 Å². The summed E-state index contributed by atoms with van der Waals surface area (Å²) in [6, 6.07) is 2.46. The number of imide groups is 2. The molecule has 132 valence electrons. The van der Waals surface area contributed by atoms with Gasteiger partial charge in [-0.05, 0) is 31.9 Å². The van der Waals surface area contributed by atoms with Crippen molar-refractivity contribution >= 4 is 23.8 Å². The molecular weight excluding hydrogens is 326 g/mol. The van der Waals surface area contributed by atoms with E-state index in [-0.39, 0.29) is 24.5 Å². The molecule has 0 aromatic carbocycles.